The monoisotopic (exact) mass is 407 g/mol. The van der Waals surface area contributed by atoms with Gasteiger partial charge in [-0.25, -0.2) is 23.3 Å². The van der Waals surface area contributed by atoms with Crippen LogP contribution in [0.2, 0.25) is 5.02 Å². The lowest BCUT2D eigenvalue weighted by molar-refractivity contribution is -0.0561. The quantitative estimate of drug-likeness (QED) is 0.800. The molecule has 2 N–H and O–H groups in total. The summed E-state index contributed by atoms with van der Waals surface area (Å²) in [6.45, 7) is 6.54. The first kappa shape index (κ1) is 20.7. The van der Waals surface area contributed by atoms with Gasteiger partial charge in [0.2, 0.25) is 15.9 Å². The Bertz CT molecular complexity index is 765. The summed E-state index contributed by atoms with van der Waals surface area (Å²) in [5.74, 6) is 0.0528. The average molecular weight is 408 g/mol. The molecule has 1 fully saturated rings. The minimum atomic E-state index is -3.89. The Balaban J connectivity index is 1.94. The molecular formula is C15H22ClN3O6S. The van der Waals surface area contributed by atoms with Crippen molar-refractivity contribution in [1.82, 2.24) is 9.88 Å². The van der Waals surface area contributed by atoms with Crippen LogP contribution >= 0.6 is 11.6 Å². The smallest absolute Gasteiger partial charge is 0.410 e. The Morgan fingerprint density at radius 3 is 2.77 bits per heavy atom. The summed E-state index contributed by atoms with van der Waals surface area (Å²) in [6.07, 6.45) is 0.247. The number of hydrogen-bond acceptors (Lipinski definition) is 7. The van der Waals surface area contributed by atoms with Crippen LogP contribution in [-0.2, 0) is 19.5 Å². The Morgan fingerprint density at radius 1 is 1.50 bits per heavy atom. The number of carbonyl (C=O) groups is 1. The highest BCUT2D eigenvalue weighted by Crippen LogP contribution is 2.24. The lowest BCUT2D eigenvalue weighted by Crippen LogP contribution is -2.49. The summed E-state index contributed by atoms with van der Waals surface area (Å²) in [5, 5.41) is 5.03. The van der Waals surface area contributed by atoms with E-state index in [-0.39, 0.29) is 22.4 Å². The van der Waals surface area contributed by atoms with Crippen molar-refractivity contribution in [3.63, 3.8) is 0 Å². The van der Waals surface area contributed by atoms with Crippen LogP contribution in [0.3, 0.4) is 0 Å². The number of morpholine rings is 1. The maximum Gasteiger partial charge on any atom is 0.410 e. The van der Waals surface area contributed by atoms with Crippen LogP contribution in [0.1, 0.15) is 20.8 Å². The van der Waals surface area contributed by atoms with Gasteiger partial charge in [-0.3, -0.25) is 0 Å². The molecular weight excluding hydrogens is 386 g/mol. The van der Waals surface area contributed by atoms with E-state index in [4.69, 9.17) is 31.0 Å². The molecule has 9 nitrogen and oxygen atoms in total. The fraction of sp³-hybridized carbons (Fsp3) is 0.600. The normalized spacial score (nSPS) is 18.5. The first-order valence-corrected chi connectivity index (χ1v) is 9.79. The molecule has 1 aliphatic heterocycles. The first-order valence-electron chi connectivity index (χ1n) is 7.86. The number of sulfonamides is 1. The van der Waals surface area contributed by atoms with E-state index in [0.717, 1.165) is 12.3 Å². The molecule has 11 heteroatoms. The lowest BCUT2D eigenvalue weighted by Gasteiger charge is -2.34. The van der Waals surface area contributed by atoms with Crippen molar-refractivity contribution in [2.75, 3.05) is 26.3 Å². The zero-order valence-electron chi connectivity index (χ0n) is 14.8. The van der Waals surface area contributed by atoms with Gasteiger partial charge in [0.25, 0.3) is 0 Å². The molecule has 0 aromatic carbocycles. The van der Waals surface area contributed by atoms with E-state index >= 15 is 0 Å². The number of nitrogens with two attached hydrogens (primary N) is 1. The van der Waals surface area contributed by atoms with Crippen molar-refractivity contribution < 1.29 is 27.4 Å². The number of amides is 1. The molecule has 0 saturated carbocycles. The zero-order valence-corrected chi connectivity index (χ0v) is 16.3. The number of halogens is 1. The molecule has 0 aliphatic carbocycles. The number of ether oxygens (including phenoxy) is 3. The van der Waals surface area contributed by atoms with Gasteiger partial charge in [0.15, 0.2) is 0 Å². The zero-order chi connectivity index (χ0) is 19.5. The third-order valence-electron chi connectivity index (χ3n) is 3.31. The van der Waals surface area contributed by atoms with E-state index in [1.807, 2.05) is 0 Å². The lowest BCUT2D eigenvalue weighted by atomic mass is 10.2. The standard InChI is InChI=1S/C15H22ClN3O6S/c1-15(2,3)25-14(20)19-4-5-23-10(8-19)9-24-13-12(16)6-11(7-18-13)26(17,21)22/h6-7,10H,4-5,8-9H2,1-3H3,(H2,17,21,22)/t10-/m0/s1. The van der Waals surface area contributed by atoms with E-state index in [9.17, 15) is 13.2 Å². The van der Waals surface area contributed by atoms with Crippen LogP contribution in [0, 0.1) is 0 Å². The van der Waals surface area contributed by atoms with Gasteiger partial charge in [0, 0.05) is 6.54 Å². The van der Waals surface area contributed by atoms with Gasteiger partial charge in [-0.2, -0.15) is 0 Å². The van der Waals surface area contributed by atoms with Gasteiger partial charge in [0.05, 0.1) is 19.3 Å². The molecule has 1 atom stereocenters. The molecule has 1 aromatic heterocycles. The molecule has 0 radical (unpaired) electrons. The number of hydrogen-bond donors (Lipinski definition) is 1. The predicted octanol–water partition coefficient (Wildman–Crippen LogP) is 1.40. The molecule has 2 heterocycles. The highest BCUT2D eigenvalue weighted by molar-refractivity contribution is 7.89. The van der Waals surface area contributed by atoms with Gasteiger partial charge in [0.1, 0.15) is 28.2 Å². The Morgan fingerprint density at radius 2 is 2.19 bits per heavy atom. The van der Waals surface area contributed by atoms with Gasteiger partial charge in [-0.15, -0.1) is 0 Å². The minimum absolute atomic E-state index is 0.0105. The van der Waals surface area contributed by atoms with Crippen molar-refractivity contribution in [2.24, 2.45) is 5.14 Å². The van der Waals surface area contributed by atoms with Crippen molar-refractivity contribution in [3.8, 4) is 5.88 Å². The first-order chi connectivity index (χ1) is 12.0. The molecule has 0 bridgehead atoms. The minimum Gasteiger partial charge on any atom is -0.474 e. The van der Waals surface area contributed by atoms with E-state index < -0.39 is 27.8 Å². The number of primary sulfonamides is 1. The van der Waals surface area contributed by atoms with Gasteiger partial charge >= 0.3 is 6.09 Å². The highest BCUT2D eigenvalue weighted by Gasteiger charge is 2.28. The number of rotatable bonds is 4. The average Bonchev–Trinajstić information content (AvgIpc) is 2.51. The second-order valence-electron chi connectivity index (χ2n) is 6.73. The summed E-state index contributed by atoms with van der Waals surface area (Å²) in [5.41, 5.74) is -0.579. The summed E-state index contributed by atoms with van der Waals surface area (Å²) >= 11 is 5.97. The molecule has 146 valence electrons. The van der Waals surface area contributed by atoms with E-state index in [1.54, 1.807) is 25.7 Å². The van der Waals surface area contributed by atoms with E-state index in [2.05, 4.69) is 4.98 Å². The maximum absolute atomic E-state index is 12.1. The van der Waals surface area contributed by atoms with Crippen LogP contribution < -0.4 is 9.88 Å². The summed E-state index contributed by atoms with van der Waals surface area (Å²) in [6, 6.07) is 1.16. The predicted molar refractivity (Wildman–Crippen MR) is 93.7 cm³/mol. The van der Waals surface area contributed by atoms with Crippen LogP contribution in [0.25, 0.3) is 0 Å². The van der Waals surface area contributed by atoms with E-state index in [1.165, 1.54) is 0 Å². The molecule has 0 spiro atoms. The SMILES string of the molecule is CC(C)(C)OC(=O)N1CCO[C@H](COc2ncc(S(N)(=O)=O)cc2Cl)C1. The van der Waals surface area contributed by atoms with Crippen LogP contribution in [-0.4, -0.2) is 62.4 Å². The van der Waals surface area contributed by atoms with E-state index in [0.29, 0.717) is 19.7 Å². The van der Waals surface area contributed by atoms with Crippen LogP contribution in [0.15, 0.2) is 17.2 Å². The number of pyridine rings is 1. The number of nitrogens with zero attached hydrogens (tertiary/aromatic N) is 2. The van der Waals surface area contributed by atoms with Crippen molar-refractivity contribution in [1.29, 1.82) is 0 Å². The molecule has 1 aromatic rings. The molecule has 26 heavy (non-hydrogen) atoms. The third-order valence-corrected chi connectivity index (χ3v) is 4.46. The van der Waals surface area contributed by atoms with Crippen LogP contribution in [0.4, 0.5) is 4.79 Å². The second-order valence-corrected chi connectivity index (χ2v) is 8.70. The molecule has 0 unspecified atom stereocenters. The summed E-state index contributed by atoms with van der Waals surface area (Å²) < 4.78 is 38.9. The number of aromatic nitrogens is 1. The molecule has 2 rings (SSSR count). The molecule has 1 saturated heterocycles. The second kappa shape index (κ2) is 7.95. The topological polar surface area (TPSA) is 121 Å². The molecule has 1 amide bonds. The number of carbonyl (C=O) groups excluding carboxylic acids is 1. The Kier molecular flexibility index (Phi) is 6.33. The fourth-order valence-electron chi connectivity index (χ4n) is 2.15. The maximum atomic E-state index is 12.1. The third kappa shape index (κ3) is 5.97. The largest absolute Gasteiger partial charge is 0.474 e. The highest BCUT2D eigenvalue weighted by atomic mass is 35.5. The summed E-state index contributed by atoms with van der Waals surface area (Å²) in [7, 11) is -3.89. The van der Waals surface area contributed by atoms with Gasteiger partial charge in [-0.05, 0) is 26.8 Å². The Hall–Kier alpha value is -1.62. The Labute approximate surface area is 157 Å². The van der Waals surface area contributed by atoms with Gasteiger partial charge < -0.3 is 19.1 Å². The summed E-state index contributed by atoms with van der Waals surface area (Å²) in [4.78, 5) is 17.3. The fourth-order valence-corrected chi connectivity index (χ4v) is 2.92. The van der Waals surface area contributed by atoms with Crippen molar-refractivity contribution in [3.05, 3.63) is 17.3 Å². The van der Waals surface area contributed by atoms with Gasteiger partial charge in [-0.1, -0.05) is 11.6 Å². The van der Waals surface area contributed by atoms with Crippen molar-refractivity contribution in [2.45, 2.75) is 37.4 Å². The van der Waals surface area contributed by atoms with Crippen LogP contribution in [0.5, 0.6) is 5.88 Å². The molecule has 1 aliphatic rings. The van der Waals surface area contributed by atoms with Crippen molar-refractivity contribution >= 4 is 27.7 Å².